The number of aliphatic hydroxyl groups is 8. The molecule has 0 spiro atoms. The van der Waals surface area contributed by atoms with Crippen LogP contribution in [0.4, 0.5) is 0 Å². The van der Waals surface area contributed by atoms with Gasteiger partial charge in [0.2, 0.25) is 5.91 Å². The Morgan fingerprint density at radius 3 is 1.08 bits per heavy atom. The van der Waals surface area contributed by atoms with Gasteiger partial charge in [-0.15, -0.1) is 0 Å². The SMILES string of the molecule is CCCCCCC/C=C\C/C=C\CCCCCCCCCCCCCCCCCCCCCC(=O)NC(COC1OC(CO)C(OC2OC(CO)C(O)C(O)C2O)C(O)C1O)C(O)/C=C/CCCCCCCCCCCCCCCCCCCCCCCCCCCC. The maximum absolute atomic E-state index is 13.4. The fourth-order valence-corrected chi connectivity index (χ4v) is 13.3. The van der Waals surface area contributed by atoms with Gasteiger partial charge in [0.1, 0.15) is 48.8 Å². The predicted octanol–water partition coefficient (Wildman–Crippen LogP) is 17.6. The third-order valence-electron chi connectivity index (χ3n) is 19.6. The van der Waals surface area contributed by atoms with Crippen molar-refractivity contribution in [3.8, 4) is 0 Å². The number of aliphatic hydroxyl groups excluding tert-OH is 8. The lowest BCUT2D eigenvalue weighted by Gasteiger charge is -2.46. The second-order valence-electron chi connectivity index (χ2n) is 28.2. The van der Waals surface area contributed by atoms with Gasteiger partial charge < -0.3 is 65.1 Å². The summed E-state index contributed by atoms with van der Waals surface area (Å²) in [6, 6.07) is -0.915. The normalized spacial score (nSPS) is 22.7. The highest BCUT2D eigenvalue weighted by Gasteiger charge is 2.51. The molecule has 0 aromatic rings. The molecule has 2 heterocycles. The van der Waals surface area contributed by atoms with Crippen LogP contribution in [0.1, 0.15) is 367 Å². The maximum Gasteiger partial charge on any atom is 0.220 e. The highest BCUT2D eigenvalue weighted by atomic mass is 16.7. The van der Waals surface area contributed by atoms with Crippen molar-refractivity contribution in [3.05, 3.63) is 36.5 Å². The van der Waals surface area contributed by atoms with E-state index in [0.717, 1.165) is 44.9 Å². The van der Waals surface area contributed by atoms with Crippen LogP contribution < -0.4 is 5.32 Å². The predicted molar refractivity (Wildman–Crippen MR) is 383 cm³/mol. The number of allylic oxidation sites excluding steroid dienone is 5. The van der Waals surface area contributed by atoms with Crippen LogP contribution in [0.3, 0.4) is 0 Å². The average Bonchev–Trinajstić information content (AvgIpc) is 0.851. The van der Waals surface area contributed by atoms with E-state index in [4.69, 9.17) is 18.9 Å². The molecule has 2 aliphatic heterocycles. The first-order valence-corrected chi connectivity index (χ1v) is 39.7. The molecule has 1 amide bonds. The smallest absolute Gasteiger partial charge is 0.220 e. The van der Waals surface area contributed by atoms with Crippen molar-refractivity contribution >= 4 is 5.91 Å². The molecule has 12 atom stereocenters. The molecule has 14 heteroatoms. The number of hydrogen-bond acceptors (Lipinski definition) is 13. The molecule has 12 unspecified atom stereocenters. The molecule has 2 saturated heterocycles. The summed E-state index contributed by atoms with van der Waals surface area (Å²) < 4.78 is 22.9. The van der Waals surface area contributed by atoms with E-state index >= 15 is 0 Å². The van der Waals surface area contributed by atoms with Crippen molar-refractivity contribution in [3.63, 3.8) is 0 Å². The van der Waals surface area contributed by atoms with Crippen LogP contribution in [0.15, 0.2) is 36.5 Å². The largest absolute Gasteiger partial charge is 0.394 e. The highest BCUT2D eigenvalue weighted by Crippen LogP contribution is 2.30. The van der Waals surface area contributed by atoms with Gasteiger partial charge in [-0.3, -0.25) is 4.79 Å². The molecule has 0 aromatic heterocycles. The summed E-state index contributed by atoms with van der Waals surface area (Å²) in [6.07, 6.45) is 66.5. The number of rotatable bonds is 67. The minimum absolute atomic E-state index is 0.232. The molecule has 0 bridgehead atoms. The third kappa shape index (κ3) is 47.0. The van der Waals surface area contributed by atoms with E-state index in [-0.39, 0.29) is 18.9 Å². The van der Waals surface area contributed by atoms with Crippen molar-refractivity contribution in [1.82, 2.24) is 5.32 Å². The van der Waals surface area contributed by atoms with Crippen molar-refractivity contribution < 1.29 is 64.6 Å². The first kappa shape index (κ1) is 87.3. The van der Waals surface area contributed by atoms with Gasteiger partial charge in [-0.05, 0) is 51.4 Å². The molecule has 2 rings (SSSR count). The summed E-state index contributed by atoms with van der Waals surface area (Å²) >= 11 is 0. The topological polar surface area (TPSA) is 228 Å². The maximum atomic E-state index is 13.4. The molecule has 0 radical (unpaired) electrons. The lowest BCUT2D eigenvalue weighted by atomic mass is 9.97. The fourth-order valence-electron chi connectivity index (χ4n) is 13.3. The van der Waals surface area contributed by atoms with Gasteiger partial charge in [-0.25, -0.2) is 0 Å². The molecule has 548 valence electrons. The van der Waals surface area contributed by atoms with Crippen LogP contribution in [0, 0.1) is 0 Å². The van der Waals surface area contributed by atoms with Gasteiger partial charge >= 0.3 is 0 Å². The van der Waals surface area contributed by atoms with Crippen LogP contribution in [0.2, 0.25) is 0 Å². The number of unbranched alkanes of at least 4 members (excludes halogenated alkanes) is 50. The van der Waals surface area contributed by atoms with E-state index in [0.29, 0.717) is 6.42 Å². The molecule has 14 nitrogen and oxygen atoms in total. The van der Waals surface area contributed by atoms with Gasteiger partial charge in [0.25, 0.3) is 0 Å². The summed E-state index contributed by atoms with van der Waals surface area (Å²) in [5.41, 5.74) is 0. The Hall–Kier alpha value is -1.79. The van der Waals surface area contributed by atoms with Crippen LogP contribution in [-0.4, -0.2) is 140 Å². The van der Waals surface area contributed by atoms with Crippen molar-refractivity contribution in [2.75, 3.05) is 19.8 Å². The minimum atomic E-state index is -1.79. The van der Waals surface area contributed by atoms with E-state index in [1.165, 1.54) is 295 Å². The number of carbonyl (C=O) groups excluding carboxylic acids is 1. The lowest BCUT2D eigenvalue weighted by Crippen LogP contribution is -2.65. The molecule has 0 aromatic carbocycles. The zero-order valence-corrected chi connectivity index (χ0v) is 60.0. The average molecular weight is 1320 g/mol. The van der Waals surface area contributed by atoms with E-state index in [2.05, 4.69) is 43.5 Å². The second-order valence-corrected chi connectivity index (χ2v) is 28.2. The first-order valence-electron chi connectivity index (χ1n) is 39.7. The summed E-state index contributed by atoms with van der Waals surface area (Å²) in [4.78, 5) is 13.4. The quantitative estimate of drug-likeness (QED) is 0.0204. The first-order chi connectivity index (χ1) is 45.6. The van der Waals surface area contributed by atoms with Crippen molar-refractivity contribution in [2.24, 2.45) is 0 Å². The number of ether oxygens (including phenoxy) is 4. The summed E-state index contributed by atoms with van der Waals surface area (Å²) in [6.45, 7) is 2.85. The Labute approximate surface area is 570 Å². The molecule has 0 aliphatic carbocycles. The zero-order valence-electron chi connectivity index (χ0n) is 60.0. The zero-order chi connectivity index (χ0) is 67.3. The van der Waals surface area contributed by atoms with Gasteiger partial charge in [0, 0.05) is 6.42 Å². The molecule has 2 aliphatic rings. The van der Waals surface area contributed by atoms with E-state index in [1.54, 1.807) is 6.08 Å². The lowest BCUT2D eigenvalue weighted by molar-refractivity contribution is -0.359. The van der Waals surface area contributed by atoms with E-state index in [1.807, 2.05) is 6.08 Å². The Kier molecular flexibility index (Phi) is 59.7. The molecular weight excluding hydrogens is 1170 g/mol. The van der Waals surface area contributed by atoms with Gasteiger partial charge in [-0.1, -0.05) is 346 Å². The third-order valence-corrected chi connectivity index (χ3v) is 19.6. The van der Waals surface area contributed by atoms with Crippen LogP contribution >= 0.6 is 0 Å². The number of nitrogens with one attached hydrogen (secondary N) is 1. The number of carbonyl (C=O) groups is 1. The minimum Gasteiger partial charge on any atom is -0.394 e. The van der Waals surface area contributed by atoms with Gasteiger partial charge in [-0.2, -0.15) is 0 Å². The van der Waals surface area contributed by atoms with E-state index < -0.39 is 86.8 Å². The van der Waals surface area contributed by atoms with Crippen LogP contribution in [0.25, 0.3) is 0 Å². The Morgan fingerprint density at radius 1 is 0.387 bits per heavy atom. The summed E-state index contributed by atoms with van der Waals surface area (Å²) in [5.74, 6) is -0.232. The van der Waals surface area contributed by atoms with E-state index in [9.17, 15) is 45.6 Å². The second kappa shape index (κ2) is 63.6. The van der Waals surface area contributed by atoms with Gasteiger partial charge in [0.15, 0.2) is 12.6 Å². The number of amides is 1. The summed E-state index contributed by atoms with van der Waals surface area (Å²) in [5, 5.41) is 87.7. The van der Waals surface area contributed by atoms with Crippen LogP contribution in [-0.2, 0) is 23.7 Å². The molecule has 93 heavy (non-hydrogen) atoms. The Balaban J connectivity index is 1.62. The molecule has 0 saturated carbocycles. The number of hydrogen-bond donors (Lipinski definition) is 9. The standard InChI is InChI=1S/C79H149NO13/c1-3-5-7-9-11-13-15-17-19-21-23-25-27-29-31-33-34-35-37-39-41-43-45-47-49-51-53-55-57-59-61-63-71(84)80-67(66-90-78-76(89)74(87)77(70(65-82)92-78)93-79-75(88)73(86)72(85)69(64-81)91-79)68(83)62-60-58-56-54-52-50-48-46-44-42-40-38-36-32-30-28-26-24-22-20-18-16-14-12-10-8-6-4-2/h15,17,21,23,60,62,67-70,72-79,81-83,85-89H,3-14,16,18-20,22,24-59,61,63-66H2,1-2H3,(H,80,84)/b17-15-,23-21-,62-60+. The monoisotopic (exact) mass is 1320 g/mol. The fraction of sp³-hybridized carbons (Fsp3) is 0.911. The molecule has 2 fully saturated rings. The highest BCUT2D eigenvalue weighted by molar-refractivity contribution is 5.76. The van der Waals surface area contributed by atoms with Crippen molar-refractivity contribution in [1.29, 1.82) is 0 Å². The molecular formula is C79H149NO13. The van der Waals surface area contributed by atoms with Crippen molar-refractivity contribution in [2.45, 2.75) is 441 Å². The summed E-state index contributed by atoms with van der Waals surface area (Å²) in [7, 11) is 0. The van der Waals surface area contributed by atoms with Gasteiger partial charge in [0.05, 0.1) is 32.0 Å². The Bertz CT molecular complexity index is 1700. The Morgan fingerprint density at radius 2 is 0.710 bits per heavy atom. The molecule has 9 N–H and O–H groups in total. The van der Waals surface area contributed by atoms with Crippen LogP contribution in [0.5, 0.6) is 0 Å².